The van der Waals surface area contributed by atoms with E-state index in [1.807, 2.05) is 31.0 Å². The molecule has 2 atom stereocenters. The predicted octanol–water partition coefficient (Wildman–Crippen LogP) is 4.80. The third-order valence-electron chi connectivity index (χ3n) is 8.75. The van der Waals surface area contributed by atoms with Crippen LogP contribution in [0.4, 0.5) is 0 Å². The summed E-state index contributed by atoms with van der Waals surface area (Å²) in [5.74, 6) is 1.91. The molecule has 0 aliphatic heterocycles. The number of fused-ring (bicyclic) bond motifs is 3. The molecule has 6 aromatic heterocycles. The Bertz CT molecular complexity index is 2020. The number of nitrogens with zero attached hydrogens (tertiary/aromatic N) is 12. The molecule has 0 amide bonds. The van der Waals surface area contributed by atoms with Gasteiger partial charge in [0.1, 0.15) is 50.6 Å². The molecule has 2 aliphatic rings. The molecule has 12 heteroatoms. The first kappa shape index (κ1) is 25.4. The monoisotopic (exact) mass is 562 g/mol. The van der Waals surface area contributed by atoms with E-state index in [0.717, 1.165) is 86.8 Å². The molecule has 2 saturated carbocycles. The maximum atomic E-state index is 5.17. The second-order valence-electron chi connectivity index (χ2n) is 12.0. The number of hydrogen-bond donors (Lipinski definition) is 0. The van der Waals surface area contributed by atoms with Crippen molar-refractivity contribution < 1.29 is 0 Å². The van der Waals surface area contributed by atoms with Crippen molar-refractivity contribution in [3.8, 4) is 0 Å². The number of hydrogen-bond acceptors (Lipinski definition) is 9. The highest BCUT2D eigenvalue weighted by atomic mass is 15.3. The Balaban J connectivity index is 1.24. The highest BCUT2D eigenvalue weighted by Crippen LogP contribution is 2.40. The van der Waals surface area contributed by atoms with Crippen LogP contribution in [0, 0.1) is 13.8 Å². The molecule has 12 nitrogen and oxygen atoms in total. The third-order valence-corrected chi connectivity index (χ3v) is 8.75. The van der Waals surface area contributed by atoms with Crippen molar-refractivity contribution in [1.29, 1.82) is 0 Å². The zero-order valence-corrected chi connectivity index (χ0v) is 24.9. The van der Waals surface area contributed by atoms with E-state index in [0.29, 0.717) is 17.9 Å². The van der Waals surface area contributed by atoms with E-state index in [1.54, 1.807) is 0 Å². The van der Waals surface area contributed by atoms with E-state index in [-0.39, 0.29) is 11.8 Å². The van der Waals surface area contributed by atoms with Crippen LogP contribution in [0.5, 0.6) is 0 Å². The molecule has 2 aliphatic carbocycles. The van der Waals surface area contributed by atoms with Crippen LogP contribution in [0.25, 0.3) is 33.1 Å². The molecule has 0 spiro atoms. The van der Waals surface area contributed by atoms with Crippen LogP contribution < -0.4 is 0 Å². The van der Waals surface area contributed by atoms with Crippen molar-refractivity contribution in [1.82, 2.24) is 59.2 Å². The van der Waals surface area contributed by atoms with Crippen molar-refractivity contribution in [2.45, 2.75) is 90.6 Å². The van der Waals surface area contributed by atoms with E-state index < -0.39 is 0 Å². The van der Waals surface area contributed by atoms with Crippen molar-refractivity contribution in [3.63, 3.8) is 0 Å². The molecule has 214 valence electrons. The zero-order valence-electron chi connectivity index (χ0n) is 24.9. The second kappa shape index (κ2) is 9.07. The summed E-state index contributed by atoms with van der Waals surface area (Å²) in [6.45, 7) is 10.3. The second-order valence-corrected chi connectivity index (χ2v) is 12.0. The average Bonchev–Trinajstić information content (AvgIpc) is 3.91. The molecular weight excluding hydrogens is 528 g/mol. The van der Waals surface area contributed by atoms with E-state index in [9.17, 15) is 0 Å². The molecule has 8 rings (SSSR count). The molecule has 0 aromatic carbocycles. The van der Waals surface area contributed by atoms with Crippen LogP contribution in [0.2, 0.25) is 0 Å². The highest BCUT2D eigenvalue weighted by molar-refractivity contribution is 5.82. The van der Waals surface area contributed by atoms with Gasteiger partial charge in [-0.25, -0.2) is 29.9 Å². The standard InChI is InChI=1S/C30H34N12/c1-7-22-33-17(5)28-26(36-22)24(38-40(28)6)14(2)29-31-13-21-25(37-29)23(39-41(21)18-8-9-18)15(3)30-34-16(4)27-20(35-30)12-32-42(27)19-10-11-19/h12-15,18-19H,7-11H2,1-6H3/t14-,15-/m0/s1. The van der Waals surface area contributed by atoms with Gasteiger partial charge < -0.3 is 0 Å². The molecule has 0 bridgehead atoms. The Morgan fingerprint density at radius 2 is 1.45 bits per heavy atom. The minimum atomic E-state index is -0.173. The lowest BCUT2D eigenvalue weighted by molar-refractivity contribution is 0.637. The lowest BCUT2D eigenvalue weighted by Crippen LogP contribution is -2.08. The van der Waals surface area contributed by atoms with Gasteiger partial charge in [-0.15, -0.1) is 0 Å². The maximum absolute atomic E-state index is 5.17. The van der Waals surface area contributed by atoms with Crippen LogP contribution >= 0.6 is 0 Å². The van der Waals surface area contributed by atoms with Crippen LogP contribution in [0.1, 0.15) is 111 Å². The maximum Gasteiger partial charge on any atom is 0.138 e. The highest BCUT2D eigenvalue weighted by Gasteiger charge is 2.32. The summed E-state index contributed by atoms with van der Waals surface area (Å²) < 4.78 is 6.06. The molecule has 0 saturated heterocycles. The van der Waals surface area contributed by atoms with E-state index in [2.05, 4.69) is 47.1 Å². The van der Waals surface area contributed by atoms with Gasteiger partial charge in [0.15, 0.2) is 0 Å². The van der Waals surface area contributed by atoms with Gasteiger partial charge >= 0.3 is 0 Å². The van der Waals surface area contributed by atoms with Crippen molar-refractivity contribution in [2.24, 2.45) is 7.05 Å². The normalized spacial score (nSPS) is 17.1. The van der Waals surface area contributed by atoms with Gasteiger partial charge in [0.05, 0.1) is 59.1 Å². The molecular formula is C30H34N12. The number of aryl methyl sites for hydroxylation is 4. The Hall–Kier alpha value is -4.35. The largest absolute Gasteiger partial charge is 0.264 e. The molecule has 2 fully saturated rings. The van der Waals surface area contributed by atoms with Crippen LogP contribution in [0.3, 0.4) is 0 Å². The van der Waals surface area contributed by atoms with Crippen molar-refractivity contribution in [3.05, 3.63) is 52.6 Å². The molecule has 6 aromatic rings. The van der Waals surface area contributed by atoms with Gasteiger partial charge in [-0.1, -0.05) is 6.92 Å². The van der Waals surface area contributed by atoms with Gasteiger partial charge in [0.2, 0.25) is 0 Å². The van der Waals surface area contributed by atoms with E-state index in [4.69, 9.17) is 35.1 Å². The van der Waals surface area contributed by atoms with Crippen LogP contribution in [0.15, 0.2) is 12.4 Å². The lowest BCUT2D eigenvalue weighted by atomic mass is 10.0. The minimum Gasteiger partial charge on any atom is -0.264 e. The fraction of sp³-hybridized carbons (Fsp3) is 0.500. The average molecular weight is 563 g/mol. The summed E-state index contributed by atoms with van der Waals surface area (Å²) in [5, 5.41) is 14.6. The number of rotatable bonds is 7. The fourth-order valence-corrected chi connectivity index (χ4v) is 6.15. The predicted molar refractivity (Wildman–Crippen MR) is 157 cm³/mol. The Morgan fingerprint density at radius 1 is 0.762 bits per heavy atom. The Kier molecular flexibility index (Phi) is 5.48. The smallest absolute Gasteiger partial charge is 0.138 e. The van der Waals surface area contributed by atoms with Gasteiger partial charge in [0, 0.05) is 13.5 Å². The Morgan fingerprint density at radius 3 is 2.19 bits per heavy atom. The van der Waals surface area contributed by atoms with Crippen molar-refractivity contribution >= 4 is 33.1 Å². The summed E-state index contributed by atoms with van der Waals surface area (Å²) in [7, 11) is 1.94. The van der Waals surface area contributed by atoms with E-state index in [1.165, 1.54) is 12.8 Å². The van der Waals surface area contributed by atoms with Crippen molar-refractivity contribution in [2.75, 3.05) is 0 Å². The first-order valence-corrected chi connectivity index (χ1v) is 15.0. The molecule has 42 heavy (non-hydrogen) atoms. The molecule has 0 radical (unpaired) electrons. The molecule has 6 heterocycles. The third kappa shape index (κ3) is 3.83. The molecule has 0 N–H and O–H groups in total. The van der Waals surface area contributed by atoms with Crippen LogP contribution in [-0.4, -0.2) is 59.2 Å². The molecule has 0 unspecified atom stereocenters. The Labute approximate surface area is 242 Å². The topological polar surface area (TPSA) is 131 Å². The quantitative estimate of drug-likeness (QED) is 0.269. The minimum absolute atomic E-state index is 0.156. The van der Waals surface area contributed by atoms with Crippen LogP contribution in [-0.2, 0) is 13.5 Å². The summed E-state index contributed by atoms with van der Waals surface area (Å²) in [5.41, 5.74) is 9.14. The summed E-state index contributed by atoms with van der Waals surface area (Å²) in [6.07, 6.45) is 9.12. The number of aromatic nitrogens is 12. The lowest BCUT2D eigenvalue weighted by Gasteiger charge is -2.11. The summed E-state index contributed by atoms with van der Waals surface area (Å²) in [6, 6.07) is 0.859. The first-order valence-electron chi connectivity index (χ1n) is 15.0. The van der Waals surface area contributed by atoms with Gasteiger partial charge in [-0.05, 0) is 53.4 Å². The first-order chi connectivity index (χ1) is 20.3. The van der Waals surface area contributed by atoms with Gasteiger partial charge in [-0.3, -0.25) is 14.0 Å². The summed E-state index contributed by atoms with van der Waals surface area (Å²) >= 11 is 0. The van der Waals surface area contributed by atoms with Gasteiger partial charge in [-0.2, -0.15) is 15.3 Å². The zero-order chi connectivity index (χ0) is 28.9. The van der Waals surface area contributed by atoms with E-state index >= 15 is 0 Å². The summed E-state index contributed by atoms with van der Waals surface area (Å²) in [4.78, 5) is 29.5. The SMILES string of the molecule is CCc1nc(C)c2c(n1)c([C@H](C)c1ncc3c(n1)c([C@H](C)c1nc(C)c4c(cnn4C4CC4)n1)nn3C1CC1)nn2C. The fourth-order valence-electron chi connectivity index (χ4n) is 6.15. The van der Waals surface area contributed by atoms with Gasteiger partial charge in [0.25, 0.3) is 0 Å².